The molecule has 0 aliphatic heterocycles. The van der Waals surface area contributed by atoms with Crippen molar-refractivity contribution in [1.29, 1.82) is 0 Å². The van der Waals surface area contributed by atoms with Crippen molar-refractivity contribution in [1.82, 2.24) is 0 Å². The number of rotatable bonds is 5. The first-order valence-corrected chi connectivity index (χ1v) is 7.56. The highest BCUT2D eigenvalue weighted by Gasteiger charge is 2.27. The summed E-state index contributed by atoms with van der Waals surface area (Å²) in [6.07, 6.45) is 4.12. The molecule has 0 aromatic heterocycles. The first-order chi connectivity index (χ1) is 6.58. The van der Waals surface area contributed by atoms with Crippen molar-refractivity contribution < 1.29 is 13.7 Å². The summed E-state index contributed by atoms with van der Waals surface area (Å²) in [7, 11) is -2.17. The molecule has 0 aromatic carbocycles. The summed E-state index contributed by atoms with van der Waals surface area (Å²) in [5.41, 5.74) is 0.393. The minimum Gasteiger partial charge on any atom is -0.462 e. The molecular weight excluding hydrogens is 212 g/mol. The molecule has 15 heavy (non-hydrogen) atoms. The molecule has 90 valence electrons. The maximum Gasteiger partial charge on any atom is 0.333 e. The van der Waals surface area contributed by atoms with Gasteiger partial charge in [0.05, 0.1) is 6.61 Å². The van der Waals surface area contributed by atoms with E-state index in [0.717, 1.165) is 0 Å². The molecule has 0 aliphatic rings. The SMILES string of the molecule is C=C(C)C(=O)OCCC(C)(C)[SH](C)(C)=O. The Morgan fingerprint density at radius 2 is 1.87 bits per heavy atom. The Labute approximate surface area is 93.3 Å². The lowest BCUT2D eigenvalue weighted by atomic mass is 10.1. The summed E-state index contributed by atoms with van der Waals surface area (Å²) in [5.74, 6) is -0.382. The molecule has 0 saturated carbocycles. The number of ether oxygens (including phenoxy) is 1. The summed E-state index contributed by atoms with van der Waals surface area (Å²) in [6, 6.07) is 0. The van der Waals surface area contributed by atoms with Crippen LogP contribution >= 0.6 is 0 Å². The number of carbonyl (C=O) groups is 1. The fourth-order valence-electron chi connectivity index (χ4n) is 0.786. The molecule has 0 radical (unpaired) electrons. The highest BCUT2D eigenvalue weighted by molar-refractivity contribution is 8.02. The van der Waals surface area contributed by atoms with E-state index < -0.39 is 9.93 Å². The number of thiol groups is 1. The van der Waals surface area contributed by atoms with Crippen molar-refractivity contribution in [2.45, 2.75) is 31.9 Å². The first kappa shape index (κ1) is 14.4. The van der Waals surface area contributed by atoms with Crippen LogP contribution in [0.5, 0.6) is 0 Å². The summed E-state index contributed by atoms with van der Waals surface area (Å²) in [6.45, 7) is 9.26. The van der Waals surface area contributed by atoms with Gasteiger partial charge in [0.2, 0.25) is 0 Å². The van der Waals surface area contributed by atoms with Crippen LogP contribution in [0.2, 0.25) is 0 Å². The Hall–Kier alpha value is -0.640. The predicted molar refractivity (Wildman–Crippen MR) is 65.9 cm³/mol. The lowest BCUT2D eigenvalue weighted by Crippen LogP contribution is -2.37. The van der Waals surface area contributed by atoms with Crippen LogP contribution in [0.4, 0.5) is 0 Å². The molecular formula is C11H22O3S. The Balaban J connectivity index is 4.13. The normalized spacial score (nSPS) is 13.4. The molecule has 0 fully saturated rings. The second-order valence-corrected chi connectivity index (χ2v) is 8.74. The zero-order valence-corrected chi connectivity index (χ0v) is 11.2. The third-order valence-electron chi connectivity index (χ3n) is 2.75. The van der Waals surface area contributed by atoms with Gasteiger partial charge in [-0.25, -0.2) is 4.79 Å². The molecule has 0 aliphatic carbocycles. The van der Waals surface area contributed by atoms with Gasteiger partial charge in [-0.15, -0.1) is 9.93 Å². The Kier molecular flexibility index (Phi) is 4.71. The lowest BCUT2D eigenvalue weighted by Gasteiger charge is -2.33. The van der Waals surface area contributed by atoms with E-state index in [9.17, 15) is 9.00 Å². The van der Waals surface area contributed by atoms with E-state index >= 15 is 0 Å². The average Bonchev–Trinajstić information content (AvgIpc) is 2.01. The molecule has 0 spiro atoms. The second-order valence-electron chi connectivity index (χ2n) is 4.83. The number of carbonyl (C=O) groups excluding carboxylic acids is 1. The minimum atomic E-state index is -2.17. The zero-order valence-electron chi connectivity index (χ0n) is 10.3. The third-order valence-corrected chi connectivity index (χ3v) is 5.89. The predicted octanol–water partition coefficient (Wildman–Crippen LogP) is 1.55. The van der Waals surface area contributed by atoms with Crippen LogP contribution in [0.1, 0.15) is 27.2 Å². The van der Waals surface area contributed by atoms with Crippen LogP contribution < -0.4 is 0 Å². The number of hydrogen-bond donors (Lipinski definition) is 1. The molecule has 0 bridgehead atoms. The second kappa shape index (κ2) is 4.92. The van der Waals surface area contributed by atoms with Crippen LogP contribution in [-0.2, 0) is 19.5 Å². The van der Waals surface area contributed by atoms with Gasteiger partial charge in [0, 0.05) is 10.3 Å². The Morgan fingerprint density at radius 3 is 2.20 bits per heavy atom. The van der Waals surface area contributed by atoms with E-state index in [1.54, 1.807) is 19.4 Å². The highest BCUT2D eigenvalue weighted by atomic mass is 32.2. The Bertz CT molecular complexity index is 299. The molecule has 0 rings (SSSR count). The van der Waals surface area contributed by atoms with Crippen molar-refractivity contribution in [3.05, 3.63) is 12.2 Å². The average molecular weight is 234 g/mol. The van der Waals surface area contributed by atoms with Gasteiger partial charge in [-0.3, -0.25) is 4.21 Å². The van der Waals surface area contributed by atoms with Crippen LogP contribution in [0, 0.1) is 0 Å². The van der Waals surface area contributed by atoms with Gasteiger partial charge in [-0.05, 0) is 25.9 Å². The largest absolute Gasteiger partial charge is 0.462 e. The van der Waals surface area contributed by atoms with Crippen molar-refractivity contribution in [3.63, 3.8) is 0 Å². The van der Waals surface area contributed by atoms with Crippen LogP contribution in [0.25, 0.3) is 0 Å². The number of esters is 1. The first-order valence-electron chi connectivity index (χ1n) is 4.95. The lowest BCUT2D eigenvalue weighted by molar-refractivity contribution is -0.139. The summed E-state index contributed by atoms with van der Waals surface area (Å²) < 4.78 is 16.6. The maximum absolute atomic E-state index is 11.9. The van der Waals surface area contributed by atoms with Crippen molar-refractivity contribution in [3.8, 4) is 0 Å². The van der Waals surface area contributed by atoms with E-state index in [1.165, 1.54) is 0 Å². The van der Waals surface area contributed by atoms with E-state index in [0.29, 0.717) is 18.6 Å². The van der Waals surface area contributed by atoms with Gasteiger partial charge < -0.3 is 4.74 Å². The van der Waals surface area contributed by atoms with Gasteiger partial charge in [-0.1, -0.05) is 20.4 Å². The monoisotopic (exact) mass is 234 g/mol. The van der Waals surface area contributed by atoms with Crippen molar-refractivity contribution >= 4 is 15.9 Å². The summed E-state index contributed by atoms with van der Waals surface area (Å²) >= 11 is 0. The fraction of sp³-hybridized carbons (Fsp3) is 0.727. The van der Waals surface area contributed by atoms with E-state index in [4.69, 9.17) is 4.74 Å². The van der Waals surface area contributed by atoms with Crippen LogP contribution in [-0.4, -0.2) is 34.0 Å². The van der Waals surface area contributed by atoms with Crippen LogP contribution in [0.15, 0.2) is 12.2 Å². The number of hydrogen-bond acceptors (Lipinski definition) is 3. The summed E-state index contributed by atoms with van der Waals surface area (Å²) in [4.78, 5) is 11.1. The molecule has 0 aromatic rings. The smallest absolute Gasteiger partial charge is 0.333 e. The van der Waals surface area contributed by atoms with Gasteiger partial charge in [0.25, 0.3) is 0 Å². The molecule has 4 heteroatoms. The Morgan fingerprint density at radius 1 is 1.40 bits per heavy atom. The highest BCUT2D eigenvalue weighted by Crippen LogP contribution is 2.23. The zero-order chi connectivity index (χ0) is 12.3. The van der Waals surface area contributed by atoms with E-state index in [1.807, 2.05) is 13.8 Å². The molecule has 0 atom stereocenters. The molecule has 3 nitrogen and oxygen atoms in total. The standard InChI is InChI=1S/C11H22O3S/c1-9(2)10(12)14-8-7-11(3,4)15(5,6)13/h15H,1,7-8H2,2-6H3. The maximum atomic E-state index is 11.9. The van der Waals surface area contributed by atoms with Crippen molar-refractivity contribution in [2.75, 3.05) is 19.1 Å². The minimum absolute atomic E-state index is 0.289. The summed E-state index contributed by atoms with van der Waals surface area (Å²) in [5, 5.41) is 0. The van der Waals surface area contributed by atoms with Gasteiger partial charge >= 0.3 is 5.97 Å². The third kappa shape index (κ3) is 4.60. The molecule has 0 amide bonds. The fourth-order valence-corrected chi connectivity index (χ4v) is 1.42. The molecule has 0 heterocycles. The van der Waals surface area contributed by atoms with E-state index in [-0.39, 0.29) is 10.7 Å². The van der Waals surface area contributed by atoms with E-state index in [2.05, 4.69) is 6.58 Å². The topological polar surface area (TPSA) is 43.4 Å². The van der Waals surface area contributed by atoms with Gasteiger partial charge in [-0.2, -0.15) is 0 Å². The van der Waals surface area contributed by atoms with Gasteiger partial charge in [0.1, 0.15) is 0 Å². The quantitative estimate of drug-likeness (QED) is 0.446. The molecule has 0 N–H and O–H groups in total. The van der Waals surface area contributed by atoms with Crippen LogP contribution in [0.3, 0.4) is 0 Å². The molecule has 0 saturated heterocycles. The molecule has 0 unspecified atom stereocenters. The van der Waals surface area contributed by atoms with Crippen molar-refractivity contribution in [2.24, 2.45) is 0 Å². The van der Waals surface area contributed by atoms with Gasteiger partial charge in [0.15, 0.2) is 0 Å².